The van der Waals surface area contributed by atoms with Crippen LogP contribution in [-0.2, 0) is 6.42 Å². The molecule has 2 N–H and O–H groups in total. The third-order valence-electron chi connectivity index (χ3n) is 2.43. The summed E-state index contributed by atoms with van der Waals surface area (Å²) in [6, 6.07) is 3.56. The monoisotopic (exact) mass is 238 g/mol. The maximum atomic E-state index is 13.1. The molecule has 0 radical (unpaired) electrons. The summed E-state index contributed by atoms with van der Waals surface area (Å²) in [7, 11) is 0. The molecule has 1 aromatic carbocycles. The highest BCUT2D eigenvalue weighted by Gasteiger charge is 2.12. The standard InChI is InChI=1S/C11H12F2N4/c1-2-3-10-11(14)15-16-17(10)7-4-5-8(12)9(13)6-7/h4-6H,2-3,14H2,1H3. The number of rotatable bonds is 3. The Morgan fingerprint density at radius 3 is 2.71 bits per heavy atom. The van der Waals surface area contributed by atoms with E-state index in [2.05, 4.69) is 10.3 Å². The first kappa shape index (κ1) is 11.5. The Hall–Kier alpha value is -1.98. The second-order valence-electron chi connectivity index (χ2n) is 3.68. The first-order valence-electron chi connectivity index (χ1n) is 5.29. The minimum atomic E-state index is -0.918. The molecule has 90 valence electrons. The van der Waals surface area contributed by atoms with Crippen LogP contribution in [0.2, 0.25) is 0 Å². The zero-order valence-electron chi connectivity index (χ0n) is 9.32. The van der Waals surface area contributed by atoms with Crippen molar-refractivity contribution in [1.82, 2.24) is 15.0 Å². The van der Waals surface area contributed by atoms with Gasteiger partial charge in [-0.25, -0.2) is 13.5 Å². The van der Waals surface area contributed by atoms with Crippen LogP contribution in [0, 0.1) is 11.6 Å². The Morgan fingerprint density at radius 1 is 1.29 bits per heavy atom. The maximum Gasteiger partial charge on any atom is 0.169 e. The molecule has 0 aliphatic carbocycles. The lowest BCUT2D eigenvalue weighted by Crippen LogP contribution is -2.04. The van der Waals surface area contributed by atoms with Crippen LogP contribution >= 0.6 is 0 Å². The predicted molar refractivity (Wildman–Crippen MR) is 59.7 cm³/mol. The predicted octanol–water partition coefficient (Wildman–Crippen LogP) is 2.08. The van der Waals surface area contributed by atoms with Crippen LogP contribution in [-0.4, -0.2) is 15.0 Å². The minimum Gasteiger partial charge on any atom is -0.381 e. The number of nitrogens with zero attached hydrogens (tertiary/aromatic N) is 3. The van der Waals surface area contributed by atoms with Crippen LogP contribution in [0.5, 0.6) is 0 Å². The Balaban J connectivity index is 2.48. The molecule has 0 saturated carbocycles. The second kappa shape index (κ2) is 4.48. The third kappa shape index (κ3) is 2.11. The van der Waals surface area contributed by atoms with Crippen molar-refractivity contribution in [2.45, 2.75) is 19.8 Å². The molecule has 0 bridgehead atoms. The number of nitrogen functional groups attached to an aromatic ring is 1. The average Bonchev–Trinajstić information content (AvgIpc) is 2.66. The number of hydrogen-bond donors (Lipinski definition) is 1. The quantitative estimate of drug-likeness (QED) is 0.890. The molecule has 17 heavy (non-hydrogen) atoms. The van der Waals surface area contributed by atoms with E-state index in [0.717, 1.165) is 18.6 Å². The van der Waals surface area contributed by atoms with E-state index in [4.69, 9.17) is 5.73 Å². The van der Waals surface area contributed by atoms with E-state index in [1.54, 1.807) is 0 Å². The molecule has 0 saturated heterocycles. The number of benzene rings is 1. The normalized spacial score (nSPS) is 10.8. The van der Waals surface area contributed by atoms with Gasteiger partial charge in [-0.05, 0) is 18.6 Å². The Kier molecular flexibility index (Phi) is 3.03. The van der Waals surface area contributed by atoms with Crippen molar-refractivity contribution in [2.24, 2.45) is 0 Å². The summed E-state index contributed by atoms with van der Waals surface area (Å²) in [6.45, 7) is 1.99. The van der Waals surface area contributed by atoms with Crippen molar-refractivity contribution in [3.05, 3.63) is 35.5 Å². The molecule has 2 aromatic rings. The van der Waals surface area contributed by atoms with E-state index in [9.17, 15) is 8.78 Å². The number of hydrogen-bond acceptors (Lipinski definition) is 3. The van der Waals surface area contributed by atoms with Gasteiger partial charge in [-0.2, -0.15) is 0 Å². The van der Waals surface area contributed by atoms with Crippen molar-refractivity contribution in [3.63, 3.8) is 0 Å². The highest BCUT2D eigenvalue weighted by molar-refractivity contribution is 5.41. The van der Waals surface area contributed by atoms with E-state index in [0.29, 0.717) is 23.6 Å². The molecule has 2 rings (SSSR count). The molecule has 6 heteroatoms. The van der Waals surface area contributed by atoms with Crippen LogP contribution in [0.15, 0.2) is 18.2 Å². The maximum absolute atomic E-state index is 13.1. The van der Waals surface area contributed by atoms with Crippen molar-refractivity contribution >= 4 is 5.82 Å². The van der Waals surface area contributed by atoms with Gasteiger partial charge in [-0.3, -0.25) is 0 Å². The molecule has 1 aromatic heterocycles. The molecule has 0 atom stereocenters. The summed E-state index contributed by atoms with van der Waals surface area (Å²) >= 11 is 0. The molecule has 4 nitrogen and oxygen atoms in total. The van der Waals surface area contributed by atoms with Gasteiger partial charge in [0.05, 0.1) is 11.4 Å². The second-order valence-corrected chi connectivity index (χ2v) is 3.68. The van der Waals surface area contributed by atoms with Crippen molar-refractivity contribution in [1.29, 1.82) is 0 Å². The summed E-state index contributed by atoms with van der Waals surface area (Å²) in [6.07, 6.45) is 1.54. The highest BCUT2D eigenvalue weighted by atomic mass is 19.2. The number of anilines is 1. The lowest BCUT2D eigenvalue weighted by Gasteiger charge is -2.06. The van der Waals surface area contributed by atoms with Gasteiger partial charge in [-0.15, -0.1) is 5.10 Å². The first-order chi connectivity index (χ1) is 8.13. The van der Waals surface area contributed by atoms with Gasteiger partial charge < -0.3 is 5.73 Å². The van der Waals surface area contributed by atoms with Crippen LogP contribution < -0.4 is 5.73 Å². The minimum absolute atomic E-state index is 0.316. The Morgan fingerprint density at radius 2 is 2.06 bits per heavy atom. The zero-order chi connectivity index (χ0) is 12.4. The highest BCUT2D eigenvalue weighted by Crippen LogP contribution is 2.18. The third-order valence-corrected chi connectivity index (χ3v) is 2.43. The van der Waals surface area contributed by atoms with Gasteiger partial charge in [0.15, 0.2) is 17.5 Å². The SMILES string of the molecule is CCCc1c(N)nnn1-c1ccc(F)c(F)c1. The number of nitrogens with two attached hydrogens (primary N) is 1. The molecule has 0 aliphatic rings. The number of halogens is 2. The summed E-state index contributed by atoms with van der Waals surface area (Å²) in [5, 5.41) is 7.57. The van der Waals surface area contributed by atoms with E-state index in [-0.39, 0.29) is 0 Å². The van der Waals surface area contributed by atoms with Crippen LogP contribution in [0.4, 0.5) is 14.6 Å². The Labute approximate surface area is 97.0 Å². The zero-order valence-corrected chi connectivity index (χ0v) is 9.32. The van der Waals surface area contributed by atoms with E-state index < -0.39 is 11.6 Å². The molecular formula is C11H12F2N4. The summed E-state index contributed by atoms with van der Waals surface area (Å²) in [4.78, 5) is 0. The van der Waals surface area contributed by atoms with Gasteiger partial charge in [0.25, 0.3) is 0 Å². The van der Waals surface area contributed by atoms with Crippen LogP contribution in [0.1, 0.15) is 19.0 Å². The van der Waals surface area contributed by atoms with Gasteiger partial charge >= 0.3 is 0 Å². The summed E-state index contributed by atoms with van der Waals surface area (Å²) in [5.41, 5.74) is 6.79. The van der Waals surface area contributed by atoms with Gasteiger partial charge in [0, 0.05) is 6.07 Å². The fourth-order valence-corrected chi connectivity index (χ4v) is 1.61. The summed E-state index contributed by atoms with van der Waals surface area (Å²) in [5.74, 6) is -1.49. The van der Waals surface area contributed by atoms with Crippen molar-refractivity contribution < 1.29 is 8.78 Å². The summed E-state index contributed by atoms with van der Waals surface area (Å²) < 4.78 is 27.4. The van der Waals surface area contributed by atoms with Gasteiger partial charge in [-0.1, -0.05) is 18.6 Å². The average molecular weight is 238 g/mol. The molecule has 1 heterocycles. The molecule has 0 aliphatic heterocycles. The van der Waals surface area contributed by atoms with E-state index >= 15 is 0 Å². The largest absolute Gasteiger partial charge is 0.381 e. The van der Waals surface area contributed by atoms with E-state index in [1.165, 1.54) is 10.7 Å². The smallest absolute Gasteiger partial charge is 0.169 e. The van der Waals surface area contributed by atoms with Crippen LogP contribution in [0.3, 0.4) is 0 Å². The lowest BCUT2D eigenvalue weighted by atomic mass is 10.2. The molecule has 0 spiro atoms. The van der Waals surface area contributed by atoms with Gasteiger partial charge in [0.2, 0.25) is 0 Å². The molecule has 0 unspecified atom stereocenters. The van der Waals surface area contributed by atoms with E-state index in [1.807, 2.05) is 6.92 Å². The van der Waals surface area contributed by atoms with Crippen molar-refractivity contribution in [2.75, 3.05) is 5.73 Å². The molecular weight excluding hydrogens is 226 g/mol. The van der Waals surface area contributed by atoms with Crippen molar-refractivity contribution in [3.8, 4) is 5.69 Å². The number of aromatic nitrogens is 3. The lowest BCUT2D eigenvalue weighted by molar-refractivity contribution is 0.507. The molecule has 0 fully saturated rings. The fraction of sp³-hybridized carbons (Fsp3) is 0.273. The van der Waals surface area contributed by atoms with Gasteiger partial charge in [0.1, 0.15) is 0 Å². The van der Waals surface area contributed by atoms with Crippen LogP contribution in [0.25, 0.3) is 5.69 Å². The molecule has 0 amide bonds. The topological polar surface area (TPSA) is 56.7 Å². The fourth-order valence-electron chi connectivity index (χ4n) is 1.61. The first-order valence-corrected chi connectivity index (χ1v) is 5.29. The Bertz CT molecular complexity index is 536.